The van der Waals surface area contributed by atoms with Crippen LogP contribution in [-0.4, -0.2) is 18.1 Å². The van der Waals surface area contributed by atoms with Gasteiger partial charge < -0.3 is 20.7 Å². The monoisotopic (exact) mass is 381 g/mol. The molecular weight excluding hydrogens is 358 g/mol. The van der Waals surface area contributed by atoms with Crippen LogP contribution in [0.2, 0.25) is 0 Å². The van der Waals surface area contributed by atoms with Gasteiger partial charge >= 0.3 is 0 Å². The minimum atomic E-state index is -0.403. The molecule has 0 aromatic heterocycles. The molecule has 140 valence electrons. The number of allylic oxidation sites excluding steroid dienone is 1. The number of aryl methyl sites for hydroxylation is 1. The van der Waals surface area contributed by atoms with Gasteiger partial charge in [0.25, 0.3) is 5.91 Å². The molecule has 0 saturated heterocycles. The number of amides is 1. The molecular formula is C21H23N3O2S. The lowest BCUT2D eigenvalue weighted by atomic mass is 9.94. The fraction of sp³-hybridized carbons (Fsp3) is 0.238. The Balaban J connectivity index is 2.01. The Labute approximate surface area is 164 Å². The number of carbonyl (C=O) groups excluding carboxylic acids is 1. The maximum atomic E-state index is 13.2. The Morgan fingerprint density at radius 3 is 2.59 bits per heavy atom. The van der Waals surface area contributed by atoms with Crippen LogP contribution >= 0.6 is 12.2 Å². The summed E-state index contributed by atoms with van der Waals surface area (Å²) in [5.41, 5.74) is 5.12. The van der Waals surface area contributed by atoms with E-state index >= 15 is 0 Å². The molecule has 3 N–H and O–H groups in total. The molecule has 6 heteroatoms. The molecule has 1 aliphatic rings. The fourth-order valence-electron chi connectivity index (χ4n) is 3.21. The lowest BCUT2D eigenvalue weighted by Gasteiger charge is -2.31. The van der Waals surface area contributed by atoms with Crippen molar-refractivity contribution >= 4 is 28.9 Å². The van der Waals surface area contributed by atoms with E-state index in [9.17, 15) is 4.79 Å². The van der Waals surface area contributed by atoms with E-state index in [1.807, 2.05) is 63.2 Å². The van der Waals surface area contributed by atoms with E-state index in [4.69, 9.17) is 17.0 Å². The van der Waals surface area contributed by atoms with Gasteiger partial charge in [0.1, 0.15) is 5.75 Å². The number of hydrogen-bond donors (Lipinski definition) is 3. The molecule has 2 aromatic carbocycles. The predicted molar refractivity (Wildman–Crippen MR) is 112 cm³/mol. The Bertz CT molecular complexity index is 937. The second kappa shape index (κ2) is 7.80. The zero-order chi connectivity index (χ0) is 19.6. The van der Waals surface area contributed by atoms with Gasteiger partial charge in [-0.3, -0.25) is 4.79 Å². The zero-order valence-electron chi connectivity index (χ0n) is 15.8. The van der Waals surface area contributed by atoms with Crippen molar-refractivity contribution in [2.24, 2.45) is 0 Å². The maximum absolute atomic E-state index is 13.2. The fourth-order valence-corrected chi connectivity index (χ4v) is 3.48. The summed E-state index contributed by atoms with van der Waals surface area (Å²) < 4.78 is 5.49. The van der Waals surface area contributed by atoms with Crippen molar-refractivity contribution in [3.63, 3.8) is 0 Å². The van der Waals surface area contributed by atoms with Crippen LogP contribution < -0.4 is 20.7 Å². The smallest absolute Gasteiger partial charge is 0.255 e. The van der Waals surface area contributed by atoms with Gasteiger partial charge in [-0.15, -0.1) is 0 Å². The summed E-state index contributed by atoms with van der Waals surface area (Å²) in [6, 6.07) is 13.1. The Kier molecular flexibility index (Phi) is 5.46. The van der Waals surface area contributed by atoms with Gasteiger partial charge in [0, 0.05) is 16.9 Å². The minimum absolute atomic E-state index is 0.181. The number of benzene rings is 2. The van der Waals surface area contributed by atoms with E-state index in [-0.39, 0.29) is 5.91 Å². The molecule has 0 bridgehead atoms. The lowest BCUT2D eigenvalue weighted by molar-refractivity contribution is -0.113. The summed E-state index contributed by atoms with van der Waals surface area (Å²) in [5.74, 6) is 0.518. The van der Waals surface area contributed by atoms with Crippen LogP contribution in [0.4, 0.5) is 5.69 Å². The third-order valence-electron chi connectivity index (χ3n) is 4.82. The van der Waals surface area contributed by atoms with Crippen LogP contribution in [0.3, 0.4) is 0 Å². The first-order chi connectivity index (χ1) is 12.9. The molecule has 1 heterocycles. The number of ether oxygens (including phenoxy) is 1. The van der Waals surface area contributed by atoms with Crippen LogP contribution in [0, 0.1) is 13.8 Å². The molecule has 27 heavy (non-hydrogen) atoms. The van der Waals surface area contributed by atoms with Gasteiger partial charge in [0.15, 0.2) is 5.11 Å². The number of thiocarbonyl (C=S) groups is 1. The molecule has 1 amide bonds. The first kappa shape index (κ1) is 18.9. The normalized spacial score (nSPS) is 16.4. The highest BCUT2D eigenvalue weighted by Gasteiger charge is 2.31. The Morgan fingerprint density at radius 2 is 1.85 bits per heavy atom. The molecule has 1 unspecified atom stereocenters. The highest BCUT2D eigenvalue weighted by Crippen LogP contribution is 2.33. The topological polar surface area (TPSA) is 62.4 Å². The van der Waals surface area contributed by atoms with Crippen molar-refractivity contribution in [1.29, 1.82) is 0 Å². The maximum Gasteiger partial charge on any atom is 0.255 e. The summed E-state index contributed by atoms with van der Waals surface area (Å²) in [7, 11) is 1.62. The molecule has 0 radical (unpaired) electrons. The summed E-state index contributed by atoms with van der Waals surface area (Å²) in [6.07, 6.45) is 0. The Morgan fingerprint density at radius 1 is 1.11 bits per heavy atom. The second-order valence-corrected chi connectivity index (χ2v) is 6.92. The van der Waals surface area contributed by atoms with Crippen molar-refractivity contribution in [3.05, 3.63) is 70.4 Å². The van der Waals surface area contributed by atoms with Gasteiger partial charge in [-0.05, 0) is 56.2 Å². The van der Waals surface area contributed by atoms with Crippen LogP contribution in [-0.2, 0) is 4.79 Å². The number of rotatable bonds is 4. The summed E-state index contributed by atoms with van der Waals surface area (Å²) in [4.78, 5) is 13.2. The third kappa shape index (κ3) is 3.80. The van der Waals surface area contributed by atoms with E-state index in [1.54, 1.807) is 7.11 Å². The number of carbonyl (C=O) groups is 1. The van der Waals surface area contributed by atoms with Crippen molar-refractivity contribution in [2.45, 2.75) is 26.8 Å². The van der Waals surface area contributed by atoms with Gasteiger partial charge in [-0.1, -0.05) is 30.3 Å². The minimum Gasteiger partial charge on any atom is -0.496 e. The molecule has 2 aromatic rings. The van der Waals surface area contributed by atoms with Crippen molar-refractivity contribution in [1.82, 2.24) is 10.6 Å². The molecule has 3 rings (SSSR count). The first-order valence-electron chi connectivity index (χ1n) is 8.71. The van der Waals surface area contributed by atoms with Gasteiger partial charge in [0.2, 0.25) is 0 Å². The van der Waals surface area contributed by atoms with Crippen LogP contribution in [0.15, 0.2) is 53.7 Å². The van der Waals surface area contributed by atoms with Gasteiger partial charge in [0.05, 0.1) is 18.7 Å². The van der Waals surface area contributed by atoms with E-state index in [0.29, 0.717) is 16.4 Å². The molecule has 5 nitrogen and oxygen atoms in total. The van der Waals surface area contributed by atoms with Crippen LogP contribution in [0.1, 0.15) is 29.7 Å². The highest BCUT2D eigenvalue weighted by atomic mass is 32.1. The number of anilines is 1. The van der Waals surface area contributed by atoms with E-state index < -0.39 is 6.04 Å². The van der Waals surface area contributed by atoms with Crippen LogP contribution in [0.5, 0.6) is 5.75 Å². The van der Waals surface area contributed by atoms with Gasteiger partial charge in [-0.2, -0.15) is 0 Å². The van der Waals surface area contributed by atoms with Crippen molar-refractivity contribution in [2.75, 3.05) is 12.4 Å². The molecule has 0 spiro atoms. The van der Waals surface area contributed by atoms with E-state index in [2.05, 4.69) is 16.0 Å². The molecule has 1 atom stereocenters. The largest absolute Gasteiger partial charge is 0.496 e. The van der Waals surface area contributed by atoms with E-state index in [0.717, 1.165) is 28.1 Å². The Hall–Kier alpha value is -2.86. The SMILES string of the molecule is COc1ccccc1C1NC(=S)NC(C)=C1C(=O)Nc1cccc(C)c1C. The first-order valence-corrected chi connectivity index (χ1v) is 9.12. The summed E-state index contributed by atoms with van der Waals surface area (Å²) in [6.45, 7) is 5.87. The zero-order valence-corrected chi connectivity index (χ0v) is 16.7. The molecule has 1 aliphatic heterocycles. The second-order valence-electron chi connectivity index (χ2n) is 6.51. The lowest BCUT2D eigenvalue weighted by Crippen LogP contribution is -2.45. The van der Waals surface area contributed by atoms with Gasteiger partial charge in [-0.25, -0.2) is 0 Å². The standard InChI is InChI=1S/C21H23N3O2S/c1-12-8-7-10-16(13(12)2)23-20(25)18-14(3)22-21(27)24-19(18)15-9-5-6-11-17(15)26-4/h5-11,19H,1-4H3,(H,23,25)(H2,22,24,27). The number of para-hydroxylation sites is 1. The molecule has 0 fully saturated rings. The summed E-state index contributed by atoms with van der Waals surface area (Å²) in [5, 5.41) is 9.78. The number of nitrogens with one attached hydrogen (secondary N) is 3. The molecule has 0 saturated carbocycles. The van der Waals surface area contributed by atoms with Crippen molar-refractivity contribution in [3.8, 4) is 5.75 Å². The van der Waals surface area contributed by atoms with Crippen LogP contribution in [0.25, 0.3) is 0 Å². The highest BCUT2D eigenvalue weighted by molar-refractivity contribution is 7.80. The average Bonchev–Trinajstić information content (AvgIpc) is 2.64. The average molecular weight is 382 g/mol. The number of methoxy groups -OCH3 is 1. The summed E-state index contributed by atoms with van der Waals surface area (Å²) >= 11 is 5.32. The van der Waals surface area contributed by atoms with Crippen molar-refractivity contribution < 1.29 is 9.53 Å². The number of hydrogen-bond acceptors (Lipinski definition) is 3. The quantitative estimate of drug-likeness (QED) is 0.704. The molecule has 0 aliphatic carbocycles. The third-order valence-corrected chi connectivity index (χ3v) is 5.04. The van der Waals surface area contributed by atoms with E-state index in [1.165, 1.54) is 0 Å². The predicted octanol–water partition coefficient (Wildman–Crippen LogP) is 3.74.